The number of amidine groups is 1. The number of nitriles is 2. The Morgan fingerprint density at radius 3 is 1.94 bits per heavy atom. The van der Waals surface area contributed by atoms with Crippen LogP contribution in [0.4, 0.5) is 0 Å². The molecule has 0 aromatic heterocycles. The van der Waals surface area contributed by atoms with Crippen molar-refractivity contribution in [1.82, 2.24) is 0 Å². The summed E-state index contributed by atoms with van der Waals surface area (Å²) in [5.41, 5.74) is 4.61. The first kappa shape index (κ1) is 28.0. The van der Waals surface area contributed by atoms with E-state index in [1.807, 2.05) is 24.3 Å². The van der Waals surface area contributed by atoms with Gasteiger partial charge in [0.05, 0.1) is 32.0 Å². The molecule has 0 amide bonds. The van der Waals surface area contributed by atoms with E-state index in [4.69, 9.17) is 19.9 Å². The van der Waals surface area contributed by atoms with E-state index in [-0.39, 0.29) is 5.84 Å². The smallest absolute Gasteiger partial charge is 0.293 e. The molecule has 3 rings (SSSR count). The molecule has 1 aromatic rings. The van der Waals surface area contributed by atoms with Crippen LogP contribution in [0.25, 0.3) is 0 Å². The Hall–Kier alpha value is -2.61. The Bertz CT molecular complexity index is 954. The Morgan fingerprint density at radius 2 is 1.39 bits per heavy atom. The van der Waals surface area contributed by atoms with Gasteiger partial charge in [-0.1, -0.05) is 77.8 Å². The quantitative estimate of drug-likeness (QED) is 0.204. The van der Waals surface area contributed by atoms with Crippen LogP contribution in [0.15, 0.2) is 29.3 Å². The minimum Gasteiger partial charge on any atom is -0.494 e. The minimum absolute atomic E-state index is 0.118. The fourth-order valence-corrected chi connectivity index (χ4v) is 5.40. The molecule has 1 aliphatic heterocycles. The molecule has 0 saturated heterocycles. The number of nitrogens with two attached hydrogens (primary N) is 1. The Kier molecular flexibility index (Phi) is 9.77. The van der Waals surface area contributed by atoms with Gasteiger partial charge in [0.15, 0.2) is 5.41 Å². The summed E-state index contributed by atoms with van der Waals surface area (Å²) in [6.07, 6.45) is 10.7. The zero-order valence-electron chi connectivity index (χ0n) is 22.2. The lowest BCUT2D eigenvalue weighted by molar-refractivity contribution is -0.260. The Balaban J connectivity index is 1.78. The molecule has 1 heterocycles. The molecule has 7 nitrogen and oxygen atoms in total. The van der Waals surface area contributed by atoms with E-state index >= 15 is 0 Å². The fourth-order valence-electron chi connectivity index (χ4n) is 5.40. The van der Waals surface area contributed by atoms with E-state index in [0.29, 0.717) is 19.8 Å². The largest absolute Gasteiger partial charge is 0.494 e. The van der Waals surface area contributed by atoms with Crippen LogP contribution in [0.5, 0.6) is 5.75 Å². The second-order valence-electron chi connectivity index (χ2n) is 9.94. The molecule has 2 aliphatic rings. The molecule has 196 valence electrons. The number of benzene rings is 1. The van der Waals surface area contributed by atoms with Crippen molar-refractivity contribution in [2.75, 3.05) is 19.8 Å². The molecular formula is C29H42N4O3. The van der Waals surface area contributed by atoms with Gasteiger partial charge in [0.25, 0.3) is 5.91 Å². The summed E-state index contributed by atoms with van der Waals surface area (Å²) in [6, 6.07) is 12.4. The first-order valence-corrected chi connectivity index (χ1v) is 13.7. The second-order valence-corrected chi connectivity index (χ2v) is 9.94. The molecule has 1 saturated carbocycles. The highest BCUT2D eigenvalue weighted by atomic mass is 16.7. The van der Waals surface area contributed by atoms with Crippen LogP contribution < -0.4 is 10.5 Å². The van der Waals surface area contributed by atoms with Gasteiger partial charge < -0.3 is 19.9 Å². The van der Waals surface area contributed by atoms with Crippen LogP contribution in [0.1, 0.15) is 96.5 Å². The SMILES string of the molecule is CCCCCCCCOc1ccc(C2C3(C#N)C(N)=NC(OCCCC)(OCCCC)C23C#N)cc1. The molecule has 1 aliphatic carbocycles. The first-order valence-electron chi connectivity index (χ1n) is 13.7. The molecule has 3 atom stereocenters. The number of aliphatic imine (C=N–C) groups is 1. The second kappa shape index (κ2) is 12.6. The topological polar surface area (TPSA) is 114 Å². The summed E-state index contributed by atoms with van der Waals surface area (Å²) in [7, 11) is 0. The molecule has 3 unspecified atom stereocenters. The summed E-state index contributed by atoms with van der Waals surface area (Å²) in [6.45, 7) is 7.79. The predicted octanol–water partition coefficient (Wildman–Crippen LogP) is 6.20. The van der Waals surface area contributed by atoms with Gasteiger partial charge in [-0.2, -0.15) is 10.5 Å². The van der Waals surface area contributed by atoms with Gasteiger partial charge in [-0.3, -0.25) is 0 Å². The maximum atomic E-state index is 10.5. The molecule has 1 aromatic carbocycles. The van der Waals surface area contributed by atoms with E-state index in [2.05, 4.69) is 37.9 Å². The van der Waals surface area contributed by atoms with Crippen LogP contribution in [-0.2, 0) is 9.47 Å². The summed E-state index contributed by atoms with van der Waals surface area (Å²) in [5, 5.41) is 20.8. The molecule has 2 N–H and O–H groups in total. The minimum atomic E-state index is -1.58. The van der Waals surface area contributed by atoms with E-state index in [9.17, 15) is 10.5 Å². The maximum Gasteiger partial charge on any atom is 0.293 e. The van der Waals surface area contributed by atoms with Crippen molar-refractivity contribution in [3.63, 3.8) is 0 Å². The normalized spacial score (nSPS) is 25.5. The number of fused-ring (bicyclic) bond motifs is 1. The zero-order valence-corrected chi connectivity index (χ0v) is 22.2. The highest BCUT2D eigenvalue weighted by Crippen LogP contribution is 2.82. The van der Waals surface area contributed by atoms with Crippen molar-refractivity contribution in [1.29, 1.82) is 10.5 Å². The fraction of sp³-hybridized carbons (Fsp3) is 0.690. The maximum absolute atomic E-state index is 10.5. The monoisotopic (exact) mass is 494 g/mol. The van der Waals surface area contributed by atoms with Gasteiger partial charge in [0.1, 0.15) is 17.0 Å². The lowest BCUT2D eigenvalue weighted by Gasteiger charge is -2.32. The lowest BCUT2D eigenvalue weighted by Crippen LogP contribution is -2.44. The first-order chi connectivity index (χ1) is 17.5. The molecule has 0 bridgehead atoms. The Labute approximate surface area is 216 Å². The number of hydrogen-bond donors (Lipinski definition) is 1. The van der Waals surface area contributed by atoms with Crippen molar-refractivity contribution >= 4 is 5.84 Å². The van der Waals surface area contributed by atoms with Crippen molar-refractivity contribution in [2.45, 2.75) is 96.8 Å². The van der Waals surface area contributed by atoms with Crippen LogP contribution in [0.2, 0.25) is 0 Å². The van der Waals surface area contributed by atoms with Crippen LogP contribution >= 0.6 is 0 Å². The molecule has 0 spiro atoms. The summed E-state index contributed by atoms with van der Waals surface area (Å²) < 4.78 is 18.4. The van der Waals surface area contributed by atoms with Gasteiger partial charge in [0.2, 0.25) is 0 Å². The third kappa shape index (κ3) is 4.84. The van der Waals surface area contributed by atoms with Gasteiger partial charge in [-0.25, -0.2) is 4.99 Å². The van der Waals surface area contributed by atoms with Crippen LogP contribution in [-0.4, -0.2) is 31.6 Å². The van der Waals surface area contributed by atoms with Gasteiger partial charge >= 0.3 is 0 Å². The van der Waals surface area contributed by atoms with Crippen LogP contribution in [0.3, 0.4) is 0 Å². The molecular weight excluding hydrogens is 452 g/mol. The van der Waals surface area contributed by atoms with Gasteiger partial charge in [-0.05, 0) is 37.0 Å². The van der Waals surface area contributed by atoms with E-state index in [1.54, 1.807) is 0 Å². The standard InChI is InChI=1S/C29H42N4O3/c1-4-7-10-11-12-13-18-34-24-16-14-23(15-17-24)25-27(21-30)26(32)33-29(28(25,27)22-31,35-19-8-5-2)36-20-9-6-3/h14-17,25H,4-13,18-20H2,1-3H3,(H2,32,33). The van der Waals surface area contributed by atoms with Gasteiger partial charge in [-0.15, -0.1) is 0 Å². The number of rotatable bonds is 17. The average Bonchev–Trinajstić information content (AvgIpc) is 3.47. The number of ether oxygens (including phenoxy) is 3. The van der Waals surface area contributed by atoms with Crippen molar-refractivity contribution in [3.8, 4) is 17.9 Å². The summed E-state index contributed by atoms with van der Waals surface area (Å²) >= 11 is 0. The lowest BCUT2D eigenvalue weighted by atomic mass is 9.93. The van der Waals surface area contributed by atoms with Crippen molar-refractivity contribution < 1.29 is 14.2 Å². The van der Waals surface area contributed by atoms with Crippen LogP contribution in [0, 0.1) is 33.5 Å². The number of hydrogen-bond acceptors (Lipinski definition) is 7. The predicted molar refractivity (Wildman–Crippen MR) is 140 cm³/mol. The molecule has 36 heavy (non-hydrogen) atoms. The van der Waals surface area contributed by atoms with E-state index in [1.165, 1.54) is 32.1 Å². The number of nitrogens with zero attached hydrogens (tertiary/aromatic N) is 3. The zero-order chi connectivity index (χ0) is 26.1. The van der Waals surface area contributed by atoms with Crippen molar-refractivity contribution in [2.24, 2.45) is 21.6 Å². The number of unbranched alkanes of at least 4 members (excludes halogenated alkanes) is 7. The van der Waals surface area contributed by atoms with E-state index < -0.39 is 22.7 Å². The Morgan fingerprint density at radius 1 is 0.806 bits per heavy atom. The third-order valence-corrected chi connectivity index (χ3v) is 7.50. The van der Waals surface area contributed by atoms with E-state index in [0.717, 1.165) is 43.4 Å². The van der Waals surface area contributed by atoms with Gasteiger partial charge in [0, 0.05) is 5.92 Å². The molecule has 7 heteroatoms. The highest BCUT2D eigenvalue weighted by Gasteiger charge is 2.93. The summed E-state index contributed by atoms with van der Waals surface area (Å²) in [4.78, 5) is 4.53. The third-order valence-electron chi connectivity index (χ3n) is 7.50. The molecule has 1 fully saturated rings. The van der Waals surface area contributed by atoms with Crippen molar-refractivity contribution in [3.05, 3.63) is 29.8 Å². The highest BCUT2D eigenvalue weighted by molar-refractivity contribution is 6.00. The summed E-state index contributed by atoms with van der Waals surface area (Å²) in [5.74, 6) is -1.17. The molecule has 0 radical (unpaired) electrons. The average molecular weight is 495 g/mol.